The van der Waals surface area contributed by atoms with Crippen molar-refractivity contribution in [3.05, 3.63) is 60.2 Å². The van der Waals surface area contributed by atoms with Gasteiger partial charge in [0.25, 0.3) is 0 Å². The highest BCUT2D eigenvalue weighted by molar-refractivity contribution is 5.73. The van der Waals surface area contributed by atoms with E-state index in [1.165, 1.54) is 11.3 Å². The third-order valence-corrected chi connectivity index (χ3v) is 5.77. The molecule has 1 N–H and O–H groups in total. The SMILES string of the molecule is O=C(O)[C@@H]1C[C@H]1CCc1ccc(N2CCCC(Oc3ccccc3)C2)cc1. The van der Waals surface area contributed by atoms with E-state index in [0.717, 1.165) is 50.9 Å². The van der Waals surface area contributed by atoms with Crippen LogP contribution in [0.25, 0.3) is 0 Å². The minimum absolute atomic E-state index is 0.0980. The van der Waals surface area contributed by atoms with E-state index in [1.807, 2.05) is 30.3 Å². The lowest BCUT2D eigenvalue weighted by molar-refractivity contribution is -0.138. The highest BCUT2D eigenvalue weighted by atomic mass is 16.5. The van der Waals surface area contributed by atoms with Crippen LogP contribution in [0.3, 0.4) is 0 Å². The number of hydrogen-bond donors (Lipinski definition) is 1. The zero-order valence-corrected chi connectivity index (χ0v) is 15.6. The summed E-state index contributed by atoms with van der Waals surface area (Å²) in [7, 11) is 0. The summed E-state index contributed by atoms with van der Waals surface area (Å²) in [5, 5.41) is 9.00. The fraction of sp³-hybridized carbons (Fsp3) is 0.435. The van der Waals surface area contributed by atoms with Crippen LogP contribution in [0.4, 0.5) is 5.69 Å². The quantitative estimate of drug-likeness (QED) is 0.791. The number of carboxylic acids is 1. The van der Waals surface area contributed by atoms with E-state index >= 15 is 0 Å². The normalized spacial score (nSPS) is 24.4. The van der Waals surface area contributed by atoms with Gasteiger partial charge in [0.15, 0.2) is 0 Å². The Kier molecular flexibility index (Phi) is 5.33. The van der Waals surface area contributed by atoms with E-state index in [-0.39, 0.29) is 12.0 Å². The second-order valence-corrected chi connectivity index (χ2v) is 7.79. The minimum Gasteiger partial charge on any atom is -0.489 e. The van der Waals surface area contributed by atoms with Gasteiger partial charge in [0.1, 0.15) is 11.9 Å². The first-order valence-electron chi connectivity index (χ1n) is 9.97. The van der Waals surface area contributed by atoms with Crippen LogP contribution in [-0.2, 0) is 11.2 Å². The van der Waals surface area contributed by atoms with Crippen molar-refractivity contribution in [3.8, 4) is 5.75 Å². The van der Waals surface area contributed by atoms with Gasteiger partial charge in [-0.1, -0.05) is 30.3 Å². The van der Waals surface area contributed by atoms with Gasteiger partial charge >= 0.3 is 5.97 Å². The molecule has 2 aliphatic rings. The van der Waals surface area contributed by atoms with Crippen molar-refractivity contribution in [1.82, 2.24) is 0 Å². The number of ether oxygens (including phenoxy) is 1. The van der Waals surface area contributed by atoms with Gasteiger partial charge in [-0.25, -0.2) is 0 Å². The Labute approximate surface area is 160 Å². The molecular formula is C23H27NO3. The van der Waals surface area contributed by atoms with Gasteiger partial charge < -0.3 is 14.7 Å². The Morgan fingerprint density at radius 2 is 1.89 bits per heavy atom. The van der Waals surface area contributed by atoms with Crippen LogP contribution >= 0.6 is 0 Å². The number of hydrogen-bond acceptors (Lipinski definition) is 3. The van der Waals surface area contributed by atoms with E-state index in [4.69, 9.17) is 9.84 Å². The number of anilines is 1. The van der Waals surface area contributed by atoms with Crippen LogP contribution in [0.2, 0.25) is 0 Å². The first kappa shape index (κ1) is 17.9. The number of benzene rings is 2. The Morgan fingerprint density at radius 1 is 1.11 bits per heavy atom. The standard InChI is InChI=1S/C23H27NO3/c25-23(26)22-15-18(22)11-8-17-9-12-19(13-10-17)24-14-4-7-21(16-24)27-20-5-2-1-3-6-20/h1-3,5-6,9-10,12-13,18,21-22H,4,7-8,11,14-16H2,(H,25,26)/t18-,21?,22-/m1/s1. The molecule has 1 saturated heterocycles. The van der Waals surface area contributed by atoms with Crippen LogP contribution in [0.15, 0.2) is 54.6 Å². The average Bonchev–Trinajstić information content (AvgIpc) is 3.48. The van der Waals surface area contributed by atoms with Crippen LogP contribution in [0.1, 0.15) is 31.2 Å². The van der Waals surface area contributed by atoms with Crippen molar-refractivity contribution in [2.24, 2.45) is 11.8 Å². The molecule has 1 saturated carbocycles. The van der Waals surface area contributed by atoms with Gasteiger partial charge in [-0.05, 0) is 67.9 Å². The number of aliphatic carboxylic acids is 1. The molecule has 1 aliphatic carbocycles. The van der Waals surface area contributed by atoms with Crippen LogP contribution in [-0.4, -0.2) is 30.3 Å². The highest BCUT2D eigenvalue weighted by Gasteiger charge is 2.42. The summed E-state index contributed by atoms with van der Waals surface area (Å²) in [6.45, 7) is 1.98. The maximum Gasteiger partial charge on any atom is 0.306 e. The number of rotatable bonds is 7. The molecule has 0 spiro atoms. The van der Waals surface area contributed by atoms with Gasteiger partial charge in [0.2, 0.25) is 0 Å². The minimum atomic E-state index is -0.632. The molecule has 0 aromatic heterocycles. The zero-order chi connectivity index (χ0) is 18.6. The number of carbonyl (C=O) groups is 1. The molecule has 4 rings (SSSR count). The van der Waals surface area contributed by atoms with Crippen LogP contribution < -0.4 is 9.64 Å². The zero-order valence-electron chi connectivity index (χ0n) is 15.6. The summed E-state index contributed by atoms with van der Waals surface area (Å²) in [6.07, 6.45) is 5.25. The molecule has 4 heteroatoms. The molecule has 0 radical (unpaired) electrons. The highest BCUT2D eigenvalue weighted by Crippen LogP contribution is 2.42. The van der Waals surface area contributed by atoms with Crippen molar-refractivity contribution >= 4 is 11.7 Å². The van der Waals surface area contributed by atoms with E-state index in [9.17, 15) is 4.79 Å². The van der Waals surface area contributed by atoms with E-state index in [1.54, 1.807) is 0 Å². The predicted molar refractivity (Wildman–Crippen MR) is 106 cm³/mol. The molecule has 4 nitrogen and oxygen atoms in total. The lowest BCUT2D eigenvalue weighted by Crippen LogP contribution is -2.41. The Bertz CT molecular complexity index is 759. The van der Waals surface area contributed by atoms with Gasteiger partial charge in [-0.2, -0.15) is 0 Å². The van der Waals surface area contributed by atoms with Crippen molar-refractivity contribution in [2.45, 2.75) is 38.2 Å². The van der Waals surface area contributed by atoms with Crippen molar-refractivity contribution < 1.29 is 14.6 Å². The number of nitrogens with zero attached hydrogens (tertiary/aromatic N) is 1. The fourth-order valence-corrected chi connectivity index (χ4v) is 4.05. The molecule has 142 valence electrons. The number of para-hydroxylation sites is 1. The summed E-state index contributed by atoms with van der Waals surface area (Å²) >= 11 is 0. The van der Waals surface area contributed by atoms with Gasteiger partial charge in [0, 0.05) is 12.2 Å². The molecule has 2 aromatic carbocycles. The third-order valence-electron chi connectivity index (χ3n) is 5.77. The number of piperidine rings is 1. The molecule has 27 heavy (non-hydrogen) atoms. The fourth-order valence-electron chi connectivity index (χ4n) is 4.05. The van der Waals surface area contributed by atoms with Crippen molar-refractivity contribution in [3.63, 3.8) is 0 Å². The lowest BCUT2D eigenvalue weighted by Gasteiger charge is -2.34. The molecule has 2 aromatic rings. The smallest absolute Gasteiger partial charge is 0.306 e. The van der Waals surface area contributed by atoms with Crippen LogP contribution in [0, 0.1) is 11.8 Å². The van der Waals surface area contributed by atoms with Crippen LogP contribution in [0.5, 0.6) is 5.75 Å². The van der Waals surface area contributed by atoms with E-state index in [2.05, 4.69) is 29.2 Å². The molecule has 1 heterocycles. The average molecular weight is 365 g/mol. The molecule has 0 amide bonds. The summed E-state index contributed by atoms with van der Waals surface area (Å²) in [6, 6.07) is 18.8. The molecule has 1 unspecified atom stereocenters. The summed E-state index contributed by atoms with van der Waals surface area (Å²) < 4.78 is 6.14. The maximum atomic E-state index is 10.9. The maximum absolute atomic E-state index is 10.9. The first-order valence-corrected chi connectivity index (χ1v) is 9.97. The predicted octanol–water partition coefficient (Wildman–Crippen LogP) is 4.39. The molecule has 1 aliphatic heterocycles. The Hall–Kier alpha value is -2.49. The third kappa shape index (κ3) is 4.62. The summed E-state index contributed by atoms with van der Waals surface area (Å²) in [5.74, 6) is 0.589. The molecular weight excluding hydrogens is 338 g/mol. The molecule has 2 fully saturated rings. The summed E-state index contributed by atoms with van der Waals surface area (Å²) in [5.41, 5.74) is 2.54. The molecule has 3 atom stereocenters. The first-order chi connectivity index (χ1) is 13.2. The molecule has 0 bridgehead atoms. The summed E-state index contributed by atoms with van der Waals surface area (Å²) in [4.78, 5) is 13.3. The van der Waals surface area contributed by atoms with Gasteiger partial charge in [0.05, 0.1) is 12.5 Å². The lowest BCUT2D eigenvalue weighted by atomic mass is 10.0. The van der Waals surface area contributed by atoms with Gasteiger partial charge in [-0.3, -0.25) is 4.79 Å². The second kappa shape index (κ2) is 8.03. The second-order valence-electron chi connectivity index (χ2n) is 7.79. The van der Waals surface area contributed by atoms with E-state index in [0.29, 0.717) is 5.92 Å². The number of aryl methyl sites for hydroxylation is 1. The number of carboxylic acid groups (broad SMARTS) is 1. The Morgan fingerprint density at radius 3 is 2.59 bits per heavy atom. The monoisotopic (exact) mass is 365 g/mol. The van der Waals surface area contributed by atoms with Gasteiger partial charge in [-0.15, -0.1) is 0 Å². The Balaban J connectivity index is 1.29. The van der Waals surface area contributed by atoms with E-state index < -0.39 is 5.97 Å². The van der Waals surface area contributed by atoms with Crippen molar-refractivity contribution in [1.29, 1.82) is 0 Å². The topological polar surface area (TPSA) is 49.8 Å². The van der Waals surface area contributed by atoms with Crippen molar-refractivity contribution in [2.75, 3.05) is 18.0 Å². The largest absolute Gasteiger partial charge is 0.489 e.